The molecule has 21 heavy (non-hydrogen) atoms. The first kappa shape index (κ1) is 15.5. The summed E-state index contributed by atoms with van der Waals surface area (Å²) in [5.41, 5.74) is 2.96. The van der Waals surface area contributed by atoms with Crippen LogP contribution in [0.25, 0.3) is 0 Å². The number of benzene rings is 1. The summed E-state index contributed by atoms with van der Waals surface area (Å²) in [4.78, 5) is 24.0. The molecule has 1 saturated carbocycles. The van der Waals surface area contributed by atoms with Crippen molar-refractivity contribution in [2.75, 3.05) is 5.32 Å². The van der Waals surface area contributed by atoms with Gasteiger partial charge in [-0.3, -0.25) is 9.59 Å². The van der Waals surface area contributed by atoms with Crippen LogP contribution in [0.5, 0.6) is 0 Å². The zero-order chi connectivity index (χ0) is 15.4. The number of rotatable bonds is 4. The molecule has 1 atom stereocenters. The van der Waals surface area contributed by atoms with E-state index in [-0.39, 0.29) is 17.7 Å². The van der Waals surface area contributed by atoms with E-state index in [4.69, 9.17) is 0 Å². The van der Waals surface area contributed by atoms with Crippen LogP contribution in [0.3, 0.4) is 0 Å². The molecule has 0 heterocycles. The van der Waals surface area contributed by atoms with Crippen molar-refractivity contribution in [3.63, 3.8) is 0 Å². The fraction of sp³-hybridized carbons (Fsp3) is 0.529. The molecule has 0 unspecified atom stereocenters. The highest BCUT2D eigenvalue weighted by atomic mass is 16.2. The Morgan fingerprint density at radius 3 is 2.48 bits per heavy atom. The molecule has 0 aliphatic heterocycles. The summed E-state index contributed by atoms with van der Waals surface area (Å²) in [5.74, 6) is -0.00664. The maximum absolute atomic E-state index is 12.6. The van der Waals surface area contributed by atoms with Gasteiger partial charge in [0.05, 0.1) is 0 Å². The van der Waals surface area contributed by atoms with E-state index >= 15 is 0 Å². The highest BCUT2D eigenvalue weighted by Crippen LogP contribution is 2.28. The van der Waals surface area contributed by atoms with Crippen molar-refractivity contribution >= 4 is 17.5 Å². The van der Waals surface area contributed by atoms with Crippen LogP contribution in [0.15, 0.2) is 18.2 Å². The van der Waals surface area contributed by atoms with Gasteiger partial charge in [-0.2, -0.15) is 0 Å². The molecule has 0 spiro atoms. The molecule has 2 N–H and O–H groups in total. The summed E-state index contributed by atoms with van der Waals surface area (Å²) in [6.45, 7) is 5.43. The molecule has 1 aromatic rings. The minimum atomic E-state index is -0.426. The van der Waals surface area contributed by atoms with Crippen LogP contribution in [0.2, 0.25) is 0 Å². The average Bonchev–Trinajstić information content (AvgIpc) is 2.93. The standard InChI is InChI=1S/C17H24N2O2/c1-11-8-9-12(2)15(10-11)19-17(21)16(18-13(3)20)14-6-4-5-7-14/h8-10,14,16H,4-7H2,1-3H3,(H,18,20)(H,19,21)/t16-/m1/s1. The molecule has 1 aliphatic rings. The highest BCUT2D eigenvalue weighted by molar-refractivity contribution is 5.97. The Morgan fingerprint density at radius 2 is 1.86 bits per heavy atom. The maximum atomic E-state index is 12.6. The predicted molar refractivity (Wildman–Crippen MR) is 84.1 cm³/mol. The third-order valence-corrected chi connectivity index (χ3v) is 4.16. The molecule has 0 aromatic heterocycles. The van der Waals surface area contributed by atoms with E-state index in [0.29, 0.717) is 0 Å². The quantitative estimate of drug-likeness (QED) is 0.895. The van der Waals surface area contributed by atoms with Crippen LogP contribution in [0.1, 0.15) is 43.7 Å². The van der Waals surface area contributed by atoms with Crippen molar-refractivity contribution in [2.24, 2.45) is 5.92 Å². The Hall–Kier alpha value is -1.84. The van der Waals surface area contributed by atoms with Gasteiger partial charge in [0.25, 0.3) is 0 Å². The molecule has 0 saturated heterocycles. The lowest BCUT2D eigenvalue weighted by Gasteiger charge is -2.23. The summed E-state index contributed by atoms with van der Waals surface area (Å²) < 4.78 is 0. The zero-order valence-electron chi connectivity index (χ0n) is 13.0. The van der Waals surface area contributed by atoms with Crippen molar-refractivity contribution in [1.82, 2.24) is 5.32 Å². The Morgan fingerprint density at radius 1 is 1.19 bits per heavy atom. The van der Waals surface area contributed by atoms with Crippen LogP contribution >= 0.6 is 0 Å². The predicted octanol–water partition coefficient (Wildman–Crippen LogP) is 2.94. The van der Waals surface area contributed by atoms with Gasteiger partial charge in [-0.15, -0.1) is 0 Å². The van der Waals surface area contributed by atoms with Crippen LogP contribution in [0.4, 0.5) is 5.69 Å². The second kappa shape index (κ2) is 6.74. The second-order valence-corrected chi connectivity index (χ2v) is 6.03. The summed E-state index contributed by atoms with van der Waals surface area (Å²) in [6.07, 6.45) is 4.28. The Labute approximate surface area is 126 Å². The van der Waals surface area contributed by atoms with Gasteiger partial charge < -0.3 is 10.6 Å². The van der Waals surface area contributed by atoms with E-state index in [1.54, 1.807) is 0 Å². The third kappa shape index (κ3) is 4.06. The molecule has 1 aromatic carbocycles. The number of anilines is 1. The molecule has 2 rings (SSSR count). The number of nitrogens with one attached hydrogen (secondary N) is 2. The third-order valence-electron chi connectivity index (χ3n) is 4.16. The summed E-state index contributed by atoms with van der Waals surface area (Å²) in [6, 6.07) is 5.55. The van der Waals surface area contributed by atoms with Gasteiger partial charge in [0.15, 0.2) is 0 Å². The molecule has 4 heteroatoms. The molecule has 1 fully saturated rings. The topological polar surface area (TPSA) is 58.2 Å². The van der Waals surface area contributed by atoms with Crippen molar-refractivity contribution in [3.8, 4) is 0 Å². The molecule has 0 radical (unpaired) electrons. The van der Waals surface area contributed by atoms with Gasteiger partial charge in [-0.25, -0.2) is 0 Å². The van der Waals surface area contributed by atoms with E-state index in [9.17, 15) is 9.59 Å². The van der Waals surface area contributed by atoms with Gasteiger partial charge in [0.1, 0.15) is 6.04 Å². The first-order valence-corrected chi connectivity index (χ1v) is 7.62. The van der Waals surface area contributed by atoms with Crippen molar-refractivity contribution < 1.29 is 9.59 Å². The lowest BCUT2D eigenvalue weighted by Crippen LogP contribution is -2.47. The van der Waals surface area contributed by atoms with Crippen molar-refractivity contribution in [2.45, 2.75) is 52.5 Å². The normalized spacial score (nSPS) is 16.5. The fourth-order valence-electron chi connectivity index (χ4n) is 2.99. The molecule has 114 valence electrons. The van der Waals surface area contributed by atoms with E-state index in [0.717, 1.165) is 42.5 Å². The Bertz CT molecular complexity index is 534. The van der Waals surface area contributed by atoms with Gasteiger partial charge in [-0.1, -0.05) is 25.0 Å². The second-order valence-electron chi connectivity index (χ2n) is 6.03. The first-order valence-electron chi connectivity index (χ1n) is 7.62. The number of carbonyl (C=O) groups is 2. The largest absolute Gasteiger partial charge is 0.344 e. The molecular weight excluding hydrogens is 264 g/mol. The average molecular weight is 288 g/mol. The summed E-state index contributed by atoms with van der Waals surface area (Å²) in [5, 5.41) is 5.80. The zero-order valence-corrected chi connectivity index (χ0v) is 13.0. The van der Waals surface area contributed by atoms with E-state index in [1.807, 2.05) is 32.0 Å². The van der Waals surface area contributed by atoms with Gasteiger partial charge >= 0.3 is 0 Å². The lowest BCUT2D eigenvalue weighted by atomic mass is 9.97. The molecule has 4 nitrogen and oxygen atoms in total. The summed E-state index contributed by atoms with van der Waals surface area (Å²) in [7, 11) is 0. The number of aryl methyl sites for hydroxylation is 2. The van der Waals surface area contributed by atoms with Crippen LogP contribution < -0.4 is 10.6 Å². The van der Waals surface area contributed by atoms with Crippen molar-refractivity contribution in [3.05, 3.63) is 29.3 Å². The van der Waals surface area contributed by atoms with E-state index in [2.05, 4.69) is 10.6 Å². The minimum Gasteiger partial charge on any atom is -0.344 e. The lowest BCUT2D eigenvalue weighted by molar-refractivity contribution is -0.126. The number of hydrogen-bond acceptors (Lipinski definition) is 2. The van der Waals surface area contributed by atoms with Crippen molar-refractivity contribution in [1.29, 1.82) is 0 Å². The van der Waals surface area contributed by atoms with Crippen LogP contribution in [-0.2, 0) is 9.59 Å². The van der Waals surface area contributed by atoms with E-state index in [1.165, 1.54) is 6.92 Å². The Balaban J connectivity index is 2.13. The van der Waals surface area contributed by atoms with Crippen LogP contribution in [0, 0.1) is 19.8 Å². The SMILES string of the molecule is CC(=O)N[C@@H](C(=O)Nc1cc(C)ccc1C)C1CCCC1. The molecule has 2 amide bonds. The minimum absolute atomic E-state index is 0.106. The van der Waals surface area contributed by atoms with Gasteiger partial charge in [-0.05, 0) is 49.8 Å². The summed E-state index contributed by atoms with van der Waals surface area (Å²) >= 11 is 0. The maximum Gasteiger partial charge on any atom is 0.247 e. The molecule has 0 bridgehead atoms. The first-order chi connectivity index (χ1) is 9.97. The fourth-order valence-corrected chi connectivity index (χ4v) is 2.99. The molecular formula is C17H24N2O2. The van der Waals surface area contributed by atoms with Gasteiger partial charge in [0, 0.05) is 12.6 Å². The highest BCUT2D eigenvalue weighted by Gasteiger charge is 2.31. The Kier molecular flexibility index (Phi) is 4.99. The van der Waals surface area contributed by atoms with E-state index < -0.39 is 6.04 Å². The number of amides is 2. The van der Waals surface area contributed by atoms with Gasteiger partial charge in [0.2, 0.25) is 11.8 Å². The van der Waals surface area contributed by atoms with Crippen LogP contribution in [-0.4, -0.2) is 17.9 Å². The molecule has 1 aliphatic carbocycles. The smallest absolute Gasteiger partial charge is 0.247 e. The number of carbonyl (C=O) groups excluding carboxylic acids is 2. The monoisotopic (exact) mass is 288 g/mol. The number of hydrogen-bond donors (Lipinski definition) is 2.